The molecule has 0 unspecified atom stereocenters. The molecule has 1 N–H and O–H groups in total. The highest BCUT2D eigenvalue weighted by molar-refractivity contribution is 5.98. The van der Waals surface area contributed by atoms with E-state index in [-0.39, 0.29) is 6.61 Å². The quantitative estimate of drug-likeness (QED) is 0.560. The zero-order valence-electron chi connectivity index (χ0n) is 16.1. The number of carbonyl (C=O) groups is 1. The largest absolute Gasteiger partial charge is 0.494 e. The van der Waals surface area contributed by atoms with Crippen LogP contribution in [0.4, 0.5) is 0 Å². The van der Waals surface area contributed by atoms with Gasteiger partial charge in [-0.1, -0.05) is 31.2 Å². The molecule has 0 fully saturated rings. The van der Waals surface area contributed by atoms with Gasteiger partial charge in [-0.3, -0.25) is 0 Å². The van der Waals surface area contributed by atoms with Crippen LogP contribution in [0.25, 0.3) is 0 Å². The molecule has 2 atom stereocenters. The number of aliphatic imine (C=N–C) groups is 1. The normalized spacial score (nSPS) is 18.3. The van der Waals surface area contributed by atoms with Crippen LogP contribution in [0.1, 0.15) is 36.1 Å². The lowest BCUT2D eigenvalue weighted by Gasteiger charge is -2.19. The van der Waals surface area contributed by atoms with Gasteiger partial charge < -0.3 is 19.3 Å². The molecule has 1 aliphatic heterocycles. The number of aryl methyl sites for hydroxylation is 1. The smallest absolute Gasteiger partial charge is 0.335 e. The lowest BCUT2D eigenvalue weighted by molar-refractivity contribution is -0.143. The van der Waals surface area contributed by atoms with Gasteiger partial charge in [0.1, 0.15) is 5.75 Å². The second-order valence-corrected chi connectivity index (χ2v) is 6.44. The Labute approximate surface area is 164 Å². The average Bonchev–Trinajstić information content (AvgIpc) is 3.19. The molecule has 0 radical (unpaired) electrons. The number of ether oxygens (including phenoxy) is 3. The molecule has 0 saturated carbocycles. The number of carbonyl (C=O) groups excluding carboxylic acids is 1. The summed E-state index contributed by atoms with van der Waals surface area (Å²) in [6, 6.07) is 14.5. The highest BCUT2D eigenvalue weighted by atomic mass is 16.5. The third kappa shape index (κ3) is 4.34. The van der Waals surface area contributed by atoms with E-state index >= 15 is 0 Å². The van der Waals surface area contributed by atoms with Crippen molar-refractivity contribution in [2.24, 2.45) is 4.99 Å². The van der Waals surface area contributed by atoms with E-state index in [0.717, 1.165) is 23.1 Å². The van der Waals surface area contributed by atoms with Crippen LogP contribution in [-0.2, 0) is 20.7 Å². The third-order valence-corrected chi connectivity index (χ3v) is 4.64. The van der Waals surface area contributed by atoms with Gasteiger partial charge in [0.05, 0.1) is 13.7 Å². The van der Waals surface area contributed by atoms with Crippen molar-refractivity contribution in [3.63, 3.8) is 0 Å². The van der Waals surface area contributed by atoms with Gasteiger partial charge in [-0.25, -0.2) is 9.79 Å². The molecule has 6 heteroatoms. The van der Waals surface area contributed by atoms with Crippen LogP contribution >= 0.6 is 0 Å². The highest BCUT2D eigenvalue weighted by Crippen LogP contribution is 2.34. The van der Waals surface area contributed by atoms with Crippen LogP contribution in [0.2, 0.25) is 0 Å². The summed E-state index contributed by atoms with van der Waals surface area (Å²) in [6.07, 6.45) is 0.898. The summed E-state index contributed by atoms with van der Waals surface area (Å²) in [4.78, 5) is 16.8. The number of aliphatic hydroxyl groups excluding tert-OH is 1. The molecule has 28 heavy (non-hydrogen) atoms. The van der Waals surface area contributed by atoms with Gasteiger partial charge in [-0.05, 0) is 41.8 Å². The monoisotopic (exact) mass is 383 g/mol. The maximum Gasteiger partial charge on any atom is 0.335 e. The molecule has 0 aliphatic carbocycles. The van der Waals surface area contributed by atoms with E-state index in [0.29, 0.717) is 24.7 Å². The molecule has 0 saturated heterocycles. The number of methoxy groups -OCH3 is 1. The van der Waals surface area contributed by atoms with Crippen molar-refractivity contribution in [2.45, 2.75) is 31.9 Å². The fourth-order valence-electron chi connectivity index (χ4n) is 3.16. The van der Waals surface area contributed by atoms with Gasteiger partial charge in [0.2, 0.25) is 5.90 Å². The van der Waals surface area contributed by atoms with Crippen LogP contribution in [0.5, 0.6) is 5.75 Å². The fourth-order valence-corrected chi connectivity index (χ4v) is 3.16. The van der Waals surface area contributed by atoms with E-state index in [2.05, 4.69) is 11.9 Å². The molecule has 0 aromatic heterocycles. The average molecular weight is 383 g/mol. The molecule has 0 amide bonds. The van der Waals surface area contributed by atoms with E-state index < -0.39 is 18.1 Å². The minimum atomic E-state index is -0.742. The van der Waals surface area contributed by atoms with Crippen LogP contribution in [0.15, 0.2) is 53.5 Å². The summed E-state index contributed by atoms with van der Waals surface area (Å²) < 4.78 is 16.6. The Hall–Kier alpha value is -2.86. The molecular weight excluding hydrogens is 358 g/mol. The lowest BCUT2D eigenvalue weighted by atomic mass is 9.96. The van der Waals surface area contributed by atoms with Gasteiger partial charge >= 0.3 is 5.97 Å². The molecule has 1 heterocycles. The Morgan fingerprint density at radius 2 is 1.93 bits per heavy atom. The van der Waals surface area contributed by atoms with Gasteiger partial charge in [-0.15, -0.1) is 0 Å². The summed E-state index contributed by atoms with van der Waals surface area (Å²) in [5.74, 6) is 0.691. The molecule has 3 rings (SSSR count). The van der Waals surface area contributed by atoms with Crippen molar-refractivity contribution in [2.75, 3.05) is 20.3 Å². The fraction of sp³-hybridized carbons (Fsp3) is 0.364. The molecule has 2 aromatic rings. The molecule has 148 valence electrons. The van der Waals surface area contributed by atoms with Crippen molar-refractivity contribution in [3.05, 3.63) is 65.2 Å². The lowest BCUT2D eigenvalue weighted by Crippen LogP contribution is -2.26. The van der Waals surface area contributed by atoms with Gasteiger partial charge in [0, 0.05) is 18.6 Å². The zero-order valence-corrected chi connectivity index (χ0v) is 16.1. The third-order valence-electron chi connectivity index (χ3n) is 4.64. The topological polar surface area (TPSA) is 77.4 Å². The van der Waals surface area contributed by atoms with Crippen molar-refractivity contribution in [1.82, 2.24) is 0 Å². The van der Waals surface area contributed by atoms with Crippen molar-refractivity contribution >= 4 is 11.9 Å². The van der Waals surface area contributed by atoms with E-state index in [1.54, 1.807) is 0 Å². The van der Waals surface area contributed by atoms with Crippen LogP contribution in [0.3, 0.4) is 0 Å². The van der Waals surface area contributed by atoms with Crippen LogP contribution in [0, 0.1) is 0 Å². The van der Waals surface area contributed by atoms with Crippen LogP contribution in [-0.4, -0.2) is 43.3 Å². The summed E-state index contributed by atoms with van der Waals surface area (Å²) >= 11 is 0. The second kappa shape index (κ2) is 9.37. The molecule has 0 spiro atoms. The second-order valence-electron chi connectivity index (χ2n) is 6.44. The SMILES string of the molecule is CCc1ccccc1[C@@H]1OC(c2ccc(OCCCO)cc2)=N[C@@H]1C(=O)OC. The van der Waals surface area contributed by atoms with E-state index in [9.17, 15) is 4.79 Å². The first-order valence-electron chi connectivity index (χ1n) is 9.42. The van der Waals surface area contributed by atoms with E-state index in [1.165, 1.54) is 7.11 Å². The summed E-state index contributed by atoms with van der Waals surface area (Å²) in [5, 5.41) is 8.83. The standard InChI is InChI=1S/C22H25NO5/c1-3-15-7-4-5-8-18(15)20-19(22(25)26-2)23-21(28-20)16-9-11-17(12-10-16)27-14-6-13-24/h4-5,7-12,19-20,24H,3,6,13-14H2,1-2H3/t19-,20-/m0/s1. The number of benzene rings is 2. The number of esters is 1. The minimum absolute atomic E-state index is 0.0955. The maximum atomic E-state index is 12.3. The molecule has 1 aliphatic rings. The first-order chi connectivity index (χ1) is 13.7. The van der Waals surface area contributed by atoms with Gasteiger partial charge in [0.25, 0.3) is 0 Å². The Morgan fingerprint density at radius 3 is 2.61 bits per heavy atom. The first kappa shape index (κ1) is 19.9. The van der Waals surface area contributed by atoms with Crippen molar-refractivity contribution in [3.8, 4) is 5.75 Å². The predicted molar refractivity (Wildman–Crippen MR) is 106 cm³/mol. The number of aliphatic hydroxyl groups is 1. The summed E-state index contributed by atoms with van der Waals surface area (Å²) in [7, 11) is 1.36. The number of hydrogen-bond acceptors (Lipinski definition) is 6. The van der Waals surface area contributed by atoms with Crippen molar-refractivity contribution < 1.29 is 24.1 Å². The van der Waals surface area contributed by atoms with E-state index in [1.807, 2.05) is 48.5 Å². The number of hydrogen-bond donors (Lipinski definition) is 1. The number of rotatable bonds is 8. The van der Waals surface area contributed by atoms with Gasteiger partial charge in [0.15, 0.2) is 12.1 Å². The summed E-state index contributed by atoms with van der Waals surface area (Å²) in [6.45, 7) is 2.62. The Morgan fingerprint density at radius 1 is 1.18 bits per heavy atom. The highest BCUT2D eigenvalue weighted by Gasteiger charge is 2.39. The predicted octanol–water partition coefficient (Wildman–Crippen LogP) is 3.07. The summed E-state index contributed by atoms with van der Waals surface area (Å²) in [5.41, 5.74) is 2.83. The molecular formula is C22H25NO5. The first-order valence-corrected chi connectivity index (χ1v) is 9.42. The Kier molecular flexibility index (Phi) is 6.66. The van der Waals surface area contributed by atoms with E-state index in [4.69, 9.17) is 19.3 Å². The van der Waals surface area contributed by atoms with Crippen molar-refractivity contribution in [1.29, 1.82) is 0 Å². The molecule has 6 nitrogen and oxygen atoms in total. The molecule has 0 bridgehead atoms. The zero-order chi connectivity index (χ0) is 19.9. The Bertz CT molecular complexity index is 831. The van der Waals surface area contributed by atoms with Gasteiger partial charge in [-0.2, -0.15) is 0 Å². The van der Waals surface area contributed by atoms with Crippen LogP contribution < -0.4 is 4.74 Å². The maximum absolute atomic E-state index is 12.3. The minimum Gasteiger partial charge on any atom is -0.494 e. The number of nitrogens with zero attached hydrogens (tertiary/aromatic N) is 1. The molecule has 2 aromatic carbocycles. The Balaban J connectivity index is 1.83.